The van der Waals surface area contributed by atoms with Crippen LogP contribution >= 0.6 is 0 Å². The van der Waals surface area contributed by atoms with Crippen LogP contribution in [0.3, 0.4) is 0 Å². The molecule has 0 spiro atoms. The Labute approximate surface area is 192 Å². The van der Waals surface area contributed by atoms with Crippen LogP contribution in [-0.2, 0) is 13.1 Å². The summed E-state index contributed by atoms with van der Waals surface area (Å²) in [5, 5.41) is 6.65. The van der Waals surface area contributed by atoms with Crippen molar-refractivity contribution in [1.82, 2.24) is 15.4 Å². The minimum atomic E-state index is -0.386. The van der Waals surface area contributed by atoms with E-state index in [1.807, 2.05) is 36.1 Å². The minimum Gasteiger partial charge on any atom is -0.359 e. The van der Waals surface area contributed by atoms with Crippen molar-refractivity contribution in [3.63, 3.8) is 0 Å². The Morgan fingerprint density at radius 3 is 2.45 bits per heavy atom. The first-order valence-corrected chi connectivity index (χ1v) is 11.4. The molecule has 0 saturated heterocycles. The highest BCUT2D eigenvalue weighted by atomic mass is 19.1. The van der Waals surface area contributed by atoms with Crippen LogP contribution in [0.4, 0.5) is 4.39 Å². The number of nitrogens with zero attached hydrogens (tertiary/aromatic N) is 2. The maximum absolute atomic E-state index is 13.3. The van der Waals surface area contributed by atoms with Gasteiger partial charge in [0.15, 0.2) is 11.5 Å². The molecule has 7 heteroatoms. The molecule has 0 aliphatic heterocycles. The quantitative estimate of drug-likeness (QED) is 0.549. The molecule has 0 radical (unpaired) electrons. The fourth-order valence-corrected chi connectivity index (χ4v) is 4.16. The molecular weight excluding hydrogens is 421 g/mol. The van der Waals surface area contributed by atoms with Crippen LogP contribution < -0.4 is 5.32 Å². The highest BCUT2D eigenvalue weighted by Crippen LogP contribution is 2.26. The predicted molar refractivity (Wildman–Crippen MR) is 122 cm³/mol. The minimum absolute atomic E-state index is 0.0411. The van der Waals surface area contributed by atoms with Gasteiger partial charge in [0, 0.05) is 24.2 Å². The largest absolute Gasteiger partial charge is 0.359 e. The van der Waals surface area contributed by atoms with Crippen LogP contribution in [0.25, 0.3) is 0 Å². The third kappa shape index (κ3) is 5.86. The van der Waals surface area contributed by atoms with Crippen molar-refractivity contribution >= 4 is 11.8 Å². The molecule has 1 saturated carbocycles. The van der Waals surface area contributed by atoms with E-state index in [1.54, 1.807) is 18.2 Å². The number of hydrogen-bond acceptors (Lipinski definition) is 4. The summed E-state index contributed by atoms with van der Waals surface area (Å²) in [5.74, 6) is -0.286. The van der Waals surface area contributed by atoms with E-state index in [0.717, 1.165) is 36.8 Å². The molecule has 1 aromatic heterocycles. The summed E-state index contributed by atoms with van der Waals surface area (Å²) in [7, 11) is 0. The Morgan fingerprint density at radius 1 is 1.06 bits per heavy atom. The van der Waals surface area contributed by atoms with Gasteiger partial charge in [0.1, 0.15) is 5.82 Å². The van der Waals surface area contributed by atoms with Crippen molar-refractivity contribution in [1.29, 1.82) is 0 Å². The molecule has 1 fully saturated rings. The zero-order valence-corrected chi connectivity index (χ0v) is 18.7. The second-order valence-corrected chi connectivity index (χ2v) is 8.58. The summed E-state index contributed by atoms with van der Waals surface area (Å²) in [6, 6.07) is 15.2. The van der Waals surface area contributed by atoms with E-state index in [4.69, 9.17) is 4.52 Å². The van der Waals surface area contributed by atoms with Crippen molar-refractivity contribution in [2.45, 2.75) is 58.2 Å². The lowest BCUT2D eigenvalue weighted by molar-refractivity contribution is 0.0590. The summed E-state index contributed by atoms with van der Waals surface area (Å²) < 4.78 is 18.5. The van der Waals surface area contributed by atoms with Crippen LogP contribution in [0.1, 0.15) is 69.8 Å². The number of aryl methyl sites for hydroxylation is 1. The molecule has 2 aromatic carbocycles. The Kier molecular flexibility index (Phi) is 7.17. The molecule has 172 valence electrons. The monoisotopic (exact) mass is 449 g/mol. The van der Waals surface area contributed by atoms with Crippen LogP contribution in [0.15, 0.2) is 59.1 Å². The Balaban J connectivity index is 1.45. The van der Waals surface area contributed by atoms with Crippen molar-refractivity contribution < 1.29 is 18.5 Å². The molecule has 3 aromatic rings. The van der Waals surface area contributed by atoms with E-state index in [9.17, 15) is 14.0 Å². The fraction of sp³-hybridized carbons (Fsp3) is 0.346. The van der Waals surface area contributed by atoms with Gasteiger partial charge in [0.25, 0.3) is 11.8 Å². The van der Waals surface area contributed by atoms with Crippen molar-refractivity contribution in [2.24, 2.45) is 0 Å². The Bertz CT molecular complexity index is 1090. The molecule has 2 amide bonds. The van der Waals surface area contributed by atoms with Gasteiger partial charge >= 0.3 is 0 Å². The molecule has 1 N–H and O–H groups in total. The van der Waals surface area contributed by atoms with Crippen LogP contribution in [0, 0.1) is 12.7 Å². The van der Waals surface area contributed by atoms with Crippen LogP contribution in [0.5, 0.6) is 0 Å². The second kappa shape index (κ2) is 10.4. The third-order valence-corrected chi connectivity index (χ3v) is 6.06. The molecule has 1 aliphatic carbocycles. The average Bonchev–Trinajstić information content (AvgIpc) is 3.31. The first kappa shape index (κ1) is 22.7. The number of amides is 2. The van der Waals surface area contributed by atoms with E-state index < -0.39 is 0 Å². The lowest BCUT2D eigenvalue weighted by Gasteiger charge is -2.33. The van der Waals surface area contributed by atoms with Gasteiger partial charge in [-0.3, -0.25) is 9.59 Å². The first-order valence-electron chi connectivity index (χ1n) is 11.4. The van der Waals surface area contributed by atoms with Gasteiger partial charge in [-0.15, -0.1) is 0 Å². The zero-order valence-electron chi connectivity index (χ0n) is 18.7. The molecule has 1 heterocycles. The highest BCUT2D eigenvalue weighted by molar-refractivity contribution is 5.94. The van der Waals surface area contributed by atoms with Crippen molar-refractivity contribution in [3.05, 3.63) is 88.6 Å². The zero-order chi connectivity index (χ0) is 23.2. The molecular formula is C26H28FN3O3. The topological polar surface area (TPSA) is 75.4 Å². The van der Waals surface area contributed by atoms with Gasteiger partial charge in [-0.25, -0.2) is 4.39 Å². The number of nitrogens with one attached hydrogen (secondary N) is 1. The molecule has 33 heavy (non-hydrogen) atoms. The molecule has 0 bridgehead atoms. The number of carbonyl (C=O) groups is 2. The number of carbonyl (C=O) groups excluding carboxylic acids is 2. The molecule has 0 atom stereocenters. The Morgan fingerprint density at radius 2 is 1.76 bits per heavy atom. The second-order valence-electron chi connectivity index (χ2n) is 8.58. The van der Waals surface area contributed by atoms with E-state index in [1.165, 1.54) is 18.6 Å². The third-order valence-electron chi connectivity index (χ3n) is 6.06. The van der Waals surface area contributed by atoms with E-state index in [-0.39, 0.29) is 42.5 Å². The molecule has 0 unspecified atom stereocenters. The van der Waals surface area contributed by atoms with E-state index in [0.29, 0.717) is 11.3 Å². The fourth-order valence-electron chi connectivity index (χ4n) is 4.16. The highest BCUT2D eigenvalue weighted by Gasteiger charge is 2.28. The number of aromatic nitrogens is 1. The summed E-state index contributed by atoms with van der Waals surface area (Å²) in [6.45, 7) is 2.50. The number of benzene rings is 2. The maximum atomic E-state index is 13.3. The van der Waals surface area contributed by atoms with Gasteiger partial charge in [-0.1, -0.05) is 54.2 Å². The van der Waals surface area contributed by atoms with Crippen LogP contribution in [-0.4, -0.2) is 27.9 Å². The van der Waals surface area contributed by atoms with Crippen LogP contribution in [0.2, 0.25) is 0 Å². The normalized spacial score (nSPS) is 14.1. The predicted octanol–water partition coefficient (Wildman–Crippen LogP) is 5.03. The Hall–Kier alpha value is -3.48. The lowest BCUT2D eigenvalue weighted by Crippen LogP contribution is -2.40. The summed E-state index contributed by atoms with van der Waals surface area (Å²) in [5.41, 5.74) is 2.67. The van der Waals surface area contributed by atoms with Gasteiger partial charge in [0.05, 0.1) is 6.54 Å². The number of rotatable bonds is 7. The summed E-state index contributed by atoms with van der Waals surface area (Å²) in [6.07, 6.45) is 5.28. The summed E-state index contributed by atoms with van der Waals surface area (Å²) in [4.78, 5) is 27.7. The first-order chi connectivity index (χ1) is 16.0. The van der Waals surface area contributed by atoms with E-state index >= 15 is 0 Å². The summed E-state index contributed by atoms with van der Waals surface area (Å²) >= 11 is 0. The number of hydrogen-bond donors (Lipinski definition) is 1. The van der Waals surface area contributed by atoms with Crippen molar-refractivity contribution in [2.75, 3.05) is 0 Å². The smallest absolute Gasteiger partial charge is 0.273 e. The van der Waals surface area contributed by atoms with Gasteiger partial charge in [-0.2, -0.15) is 0 Å². The van der Waals surface area contributed by atoms with Gasteiger partial charge < -0.3 is 14.7 Å². The van der Waals surface area contributed by atoms with E-state index in [2.05, 4.69) is 10.5 Å². The standard InChI is InChI=1S/C26H28FN3O3/c1-18-7-11-20(12-8-18)26(32)30(22-5-3-2-4-6-22)17-23-15-24(29-33-23)25(31)28-16-19-9-13-21(27)14-10-19/h7-15,22H,2-6,16-17H2,1H3,(H,28,31). The van der Waals surface area contributed by atoms with Crippen molar-refractivity contribution in [3.8, 4) is 0 Å². The average molecular weight is 450 g/mol. The molecule has 6 nitrogen and oxygen atoms in total. The molecule has 4 rings (SSSR count). The molecule has 1 aliphatic rings. The maximum Gasteiger partial charge on any atom is 0.273 e. The lowest BCUT2D eigenvalue weighted by atomic mass is 9.93. The van der Waals surface area contributed by atoms with Gasteiger partial charge in [0.2, 0.25) is 0 Å². The van der Waals surface area contributed by atoms with Gasteiger partial charge in [-0.05, 0) is 49.6 Å². The number of halogens is 1. The SMILES string of the molecule is Cc1ccc(C(=O)N(Cc2cc(C(=O)NCc3ccc(F)cc3)no2)C2CCCCC2)cc1.